The van der Waals surface area contributed by atoms with E-state index in [0.717, 1.165) is 38.5 Å². The van der Waals surface area contributed by atoms with Crippen molar-refractivity contribution in [2.24, 2.45) is 5.92 Å². The Balaban J connectivity index is 1.68. The summed E-state index contributed by atoms with van der Waals surface area (Å²) < 4.78 is 14.1. The molecule has 3 fully saturated rings. The molecule has 0 radical (unpaired) electrons. The summed E-state index contributed by atoms with van der Waals surface area (Å²) in [6, 6.07) is 5.78. The average Bonchev–Trinajstić information content (AvgIpc) is 3.29. The van der Waals surface area contributed by atoms with Crippen molar-refractivity contribution in [1.82, 2.24) is 9.80 Å². The first-order valence-corrected chi connectivity index (χ1v) is 10.8. The van der Waals surface area contributed by atoms with Crippen LogP contribution in [0.15, 0.2) is 24.3 Å². The maximum atomic E-state index is 14.1. The highest BCUT2D eigenvalue weighted by Gasteiger charge is 2.56. The number of imide groups is 1. The summed E-state index contributed by atoms with van der Waals surface area (Å²) in [5.74, 6) is -0.700. The van der Waals surface area contributed by atoms with Gasteiger partial charge >= 0.3 is 0 Å². The topological polar surface area (TPSA) is 57.7 Å². The maximum Gasteiger partial charge on any atom is 0.241 e. The molecular weight excluding hydrogens is 371 g/mol. The first-order chi connectivity index (χ1) is 13.9. The normalized spacial score (nSPS) is 28.4. The number of piperidine rings is 1. The molecule has 2 saturated heterocycles. The molecule has 3 amide bonds. The summed E-state index contributed by atoms with van der Waals surface area (Å²) in [5.41, 5.74) is -0.853. The highest BCUT2D eigenvalue weighted by Crippen LogP contribution is 2.43. The summed E-state index contributed by atoms with van der Waals surface area (Å²) in [6.45, 7) is 3.47. The number of halogens is 1. The first kappa shape index (κ1) is 20.0. The highest BCUT2D eigenvalue weighted by molar-refractivity contribution is 6.11. The predicted molar refractivity (Wildman–Crippen MR) is 106 cm³/mol. The van der Waals surface area contributed by atoms with Crippen molar-refractivity contribution in [2.45, 2.75) is 69.7 Å². The molecule has 4 rings (SSSR count). The standard InChI is InChI=1S/C23H29FN2O3/c1-16-6-5-11-25(15-16)20(27)13-23(17-7-4-8-18(24)12-17)14-21(28)26(22(23)29)19-9-2-3-10-19/h4,7-8,12,16,19H,2-3,5-6,9-11,13-15H2,1H3. The maximum absolute atomic E-state index is 14.1. The number of benzene rings is 1. The molecule has 1 aromatic rings. The molecule has 2 unspecified atom stereocenters. The first-order valence-electron chi connectivity index (χ1n) is 10.8. The smallest absolute Gasteiger partial charge is 0.241 e. The van der Waals surface area contributed by atoms with Crippen molar-refractivity contribution in [1.29, 1.82) is 0 Å². The van der Waals surface area contributed by atoms with Gasteiger partial charge in [-0.05, 0) is 49.3 Å². The van der Waals surface area contributed by atoms with Gasteiger partial charge < -0.3 is 4.90 Å². The Morgan fingerprint density at radius 2 is 1.93 bits per heavy atom. The van der Waals surface area contributed by atoms with Crippen molar-refractivity contribution < 1.29 is 18.8 Å². The fourth-order valence-electron chi connectivity index (χ4n) is 5.33. The van der Waals surface area contributed by atoms with Crippen LogP contribution in [-0.2, 0) is 19.8 Å². The van der Waals surface area contributed by atoms with Gasteiger partial charge in [-0.2, -0.15) is 0 Å². The van der Waals surface area contributed by atoms with Crippen LogP contribution in [0.4, 0.5) is 4.39 Å². The van der Waals surface area contributed by atoms with E-state index in [1.165, 1.54) is 17.0 Å². The monoisotopic (exact) mass is 400 g/mol. The third kappa shape index (κ3) is 3.69. The molecule has 6 heteroatoms. The Bertz CT molecular complexity index is 820. The summed E-state index contributed by atoms with van der Waals surface area (Å²) >= 11 is 0. The summed E-state index contributed by atoms with van der Waals surface area (Å²) in [7, 11) is 0. The van der Waals surface area contributed by atoms with E-state index in [2.05, 4.69) is 6.92 Å². The summed E-state index contributed by atoms with van der Waals surface area (Å²) in [4.78, 5) is 43.0. The van der Waals surface area contributed by atoms with Gasteiger partial charge in [-0.15, -0.1) is 0 Å². The molecule has 5 nitrogen and oxygen atoms in total. The van der Waals surface area contributed by atoms with Crippen LogP contribution in [-0.4, -0.2) is 46.7 Å². The number of carbonyl (C=O) groups is 3. The second-order valence-electron chi connectivity index (χ2n) is 9.04. The van der Waals surface area contributed by atoms with Crippen LogP contribution in [0.2, 0.25) is 0 Å². The molecule has 156 valence electrons. The van der Waals surface area contributed by atoms with Crippen molar-refractivity contribution in [3.8, 4) is 0 Å². The third-order valence-corrected chi connectivity index (χ3v) is 6.88. The van der Waals surface area contributed by atoms with Crippen LogP contribution in [0.3, 0.4) is 0 Å². The second-order valence-corrected chi connectivity index (χ2v) is 9.04. The minimum absolute atomic E-state index is 0.0546. The molecule has 0 bridgehead atoms. The van der Waals surface area contributed by atoms with Crippen molar-refractivity contribution in [3.05, 3.63) is 35.6 Å². The fraction of sp³-hybridized carbons (Fsp3) is 0.609. The Kier molecular flexibility index (Phi) is 5.45. The molecular formula is C23H29FN2O3. The van der Waals surface area contributed by atoms with Crippen molar-refractivity contribution >= 4 is 17.7 Å². The molecule has 0 N–H and O–H groups in total. The zero-order valence-corrected chi connectivity index (χ0v) is 17.0. The lowest BCUT2D eigenvalue weighted by atomic mass is 9.75. The quantitative estimate of drug-likeness (QED) is 0.728. The lowest BCUT2D eigenvalue weighted by Crippen LogP contribution is -2.47. The average molecular weight is 400 g/mol. The number of rotatable bonds is 4. The highest BCUT2D eigenvalue weighted by atomic mass is 19.1. The van der Waals surface area contributed by atoms with Gasteiger partial charge in [0.05, 0.1) is 5.41 Å². The predicted octanol–water partition coefficient (Wildman–Crippen LogP) is 3.41. The van der Waals surface area contributed by atoms with Gasteiger partial charge in [0, 0.05) is 32.0 Å². The van der Waals surface area contributed by atoms with Gasteiger partial charge in [-0.3, -0.25) is 19.3 Å². The summed E-state index contributed by atoms with van der Waals surface area (Å²) in [5, 5.41) is 0. The van der Waals surface area contributed by atoms with Crippen molar-refractivity contribution in [2.75, 3.05) is 13.1 Å². The van der Waals surface area contributed by atoms with E-state index in [-0.39, 0.29) is 36.6 Å². The van der Waals surface area contributed by atoms with Gasteiger partial charge in [0.15, 0.2) is 0 Å². The second kappa shape index (κ2) is 7.88. The number of amides is 3. The minimum atomic E-state index is -1.29. The zero-order chi connectivity index (χ0) is 20.6. The van der Waals surface area contributed by atoms with Gasteiger partial charge in [0.25, 0.3) is 0 Å². The molecule has 29 heavy (non-hydrogen) atoms. The third-order valence-electron chi connectivity index (χ3n) is 6.88. The van der Waals surface area contributed by atoms with Crippen LogP contribution in [0.1, 0.15) is 63.9 Å². The van der Waals surface area contributed by atoms with Crippen LogP contribution in [0.25, 0.3) is 0 Å². The summed E-state index contributed by atoms with van der Waals surface area (Å²) in [6.07, 6.45) is 5.53. The number of likely N-dealkylation sites (tertiary alicyclic amines) is 2. The largest absolute Gasteiger partial charge is 0.342 e. The minimum Gasteiger partial charge on any atom is -0.342 e. The van der Waals surface area contributed by atoms with Gasteiger partial charge in [0.1, 0.15) is 5.82 Å². The molecule has 1 aliphatic carbocycles. The molecule has 1 saturated carbocycles. The Morgan fingerprint density at radius 1 is 1.17 bits per heavy atom. The van der Waals surface area contributed by atoms with Crippen LogP contribution >= 0.6 is 0 Å². The Hall–Kier alpha value is -2.24. The van der Waals surface area contributed by atoms with Gasteiger partial charge in [-0.1, -0.05) is 31.9 Å². The number of carbonyl (C=O) groups excluding carboxylic acids is 3. The van der Waals surface area contributed by atoms with E-state index >= 15 is 0 Å². The van der Waals surface area contributed by atoms with E-state index < -0.39 is 11.2 Å². The molecule has 2 aliphatic heterocycles. The van der Waals surface area contributed by atoms with E-state index in [1.807, 2.05) is 4.90 Å². The molecule has 0 aromatic heterocycles. The SMILES string of the molecule is CC1CCCN(C(=O)CC2(c3cccc(F)c3)CC(=O)N(C3CCCC3)C2=O)C1. The molecule has 2 atom stereocenters. The zero-order valence-electron chi connectivity index (χ0n) is 17.0. The van der Waals surface area contributed by atoms with Crippen LogP contribution in [0.5, 0.6) is 0 Å². The fourth-order valence-corrected chi connectivity index (χ4v) is 5.33. The van der Waals surface area contributed by atoms with E-state index in [1.54, 1.807) is 12.1 Å². The van der Waals surface area contributed by atoms with Gasteiger partial charge in [0.2, 0.25) is 17.7 Å². The van der Waals surface area contributed by atoms with E-state index in [0.29, 0.717) is 24.6 Å². The number of nitrogens with zero attached hydrogens (tertiary/aromatic N) is 2. The van der Waals surface area contributed by atoms with E-state index in [4.69, 9.17) is 0 Å². The van der Waals surface area contributed by atoms with Crippen LogP contribution in [0, 0.1) is 11.7 Å². The lowest BCUT2D eigenvalue weighted by molar-refractivity contribution is -0.145. The molecule has 0 spiro atoms. The Morgan fingerprint density at radius 3 is 2.62 bits per heavy atom. The van der Waals surface area contributed by atoms with Gasteiger partial charge in [-0.25, -0.2) is 4.39 Å². The lowest BCUT2D eigenvalue weighted by Gasteiger charge is -2.35. The molecule has 2 heterocycles. The number of hydrogen-bond acceptors (Lipinski definition) is 3. The molecule has 3 aliphatic rings. The Labute approximate surface area is 171 Å². The van der Waals surface area contributed by atoms with Crippen LogP contribution < -0.4 is 0 Å². The van der Waals surface area contributed by atoms with E-state index in [9.17, 15) is 18.8 Å². The molecule has 1 aromatic carbocycles. The number of hydrogen-bond donors (Lipinski definition) is 0. The van der Waals surface area contributed by atoms with Crippen molar-refractivity contribution in [3.63, 3.8) is 0 Å².